The van der Waals surface area contributed by atoms with Crippen LogP contribution < -0.4 is 10.6 Å². The van der Waals surface area contributed by atoms with Crippen LogP contribution >= 0.6 is 0 Å². The highest BCUT2D eigenvalue weighted by Gasteiger charge is 2.40. The first kappa shape index (κ1) is 25.8. The number of piperidine rings is 1. The lowest BCUT2D eigenvalue weighted by atomic mass is 9.76. The first-order valence-corrected chi connectivity index (χ1v) is 12.1. The Labute approximate surface area is 189 Å². The second-order valence-electron chi connectivity index (χ2n) is 11.2. The third kappa shape index (κ3) is 8.87. The maximum Gasteiger partial charge on any atom is 0.410 e. The van der Waals surface area contributed by atoms with Crippen molar-refractivity contribution in [2.45, 2.75) is 123 Å². The largest absolute Gasteiger partial charge is 0.444 e. The minimum absolute atomic E-state index is 0.122. The Bertz CT molecular complexity index is 597. The first-order valence-electron chi connectivity index (χ1n) is 12.1. The number of nitrogens with zero attached hydrogens (tertiary/aromatic N) is 1. The van der Waals surface area contributed by atoms with Crippen molar-refractivity contribution < 1.29 is 19.1 Å². The number of hydrogen-bond donors (Lipinski definition) is 2. The Balaban J connectivity index is 1.98. The molecule has 0 aromatic rings. The molecule has 0 aromatic carbocycles. The van der Waals surface area contributed by atoms with Gasteiger partial charge in [0, 0.05) is 31.2 Å². The van der Waals surface area contributed by atoms with Crippen LogP contribution in [0, 0.1) is 5.92 Å². The molecule has 2 N–H and O–H groups in total. The zero-order valence-electron chi connectivity index (χ0n) is 20.8. The van der Waals surface area contributed by atoms with Gasteiger partial charge in [-0.15, -0.1) is 0 Å². The van der Waals surface area contributed by atoms with E-state index < -0.39 is 11.2 Å². The van der Waals surface area contributed by atoms with Crippen molar-refractivity contribution in [1.82, 2.24) is 15.5 Å². The molecule has 31 heavy (non-hydrogen) atoms. The van der Waals surface area contributed by atoms with Crippen LogP contribution in [0.3, 0.4) is 0 Å². The summed E-state index contributed by atoms with van der Waals surface area (Å²) < 4.78 is 11.1. The molecule has 4 unspecified atom stereocenters. The zero-order valence-corrected chi connectivity index (χ0v) is 20.8. The van der Waals surface area contributed by atoms with E-state index in [0.29, 0.717) is 18.5 Å². The number of hydrogen-bond acceptors (Lipinski definition) is 5. The molecule has 7 nitrogen and oxygen atoms in total. The van der Waals surface area contributed by atoms with E-state index in [1.54, 1.807) is 0 Å². The number of alkyl carbamates (subject to hydrolysis) is 1. The van der Waals surface area contributed by atoms with E-state index >= 15 is 0 Å². The van der Waals surface area contributed by atoms with Gasteiger partial charge < -0.3 is 25.0 Å². The number of amides is 2. The van der Waals surface area contributed by atoms with Crippen LogP contribution in [0.25, 0.3) is 0 Å². The van der Waals surface area contributed by atoms with E-state index in [1.165, 1.54) is 12.8 Å². The standard InChI is InChI=1S/C24H45N3O4/c1-17(16-25-21(28)30-23(2,3)4)26-19-13-9-8-12-18(19)20-14-10-11-15-27(20)22(29)31-24(5,6)7/h17-20,26H,8-16H2,1-7H3,(H,25,28). The predicted octanol–water partition coefficient (Wildman–Crippen LogP) is 4.84. The van der Waals surface area contributed by atoms with Gasteiger partial charge in [-0.3, -0.25) is 0 Å². The van der Waals surface area contributed by atoms with Crippen molar-refractivity contribution in [2.75, 3.05) is 13.1 Å². The molecule has 2 fully saturated rings. The summed E-state index contributed by atoms with van der Waals surface area (Å²) in [5, 5.41) is 6.61. The first-order chi connectivity index (χ1) is 14.4. The Morgan fingerprint density at radius 1 is 0.935 bits per heavy atom. The van der Waals surface area contributed by atoms with Crippen molar-refractivity contribution >= 4 is 12.2 Å². The molecule has 180 valence electrons. The van der Waals surface area contributed by atoms with Gasteiger partial charge in [0.2, 0.25) is 0 Å². The molecule has 2 rings (SSSR count). The lowest BCUT2D eigenvalue weighted by Gasteiger charge is -2.46. The van der Waals surface area contributed by atoms with E-state index in [9.17, 15) is 9.59 Å². The lowest BCUT2D eigenvalue weighted by molar-refractivity contribution is -0.00581. The maximum absolute atomic E-state index is 12.9. The van der Waals surface area contributed by atoms with Crippen molar-refractivity contribution in [3.8, 4) is 0 Å². The summed E-state index contributed by atoms with van der Waals surface area (Å²) in [4.78, 5) is 26.9. The molecule has 1 saturated heterocycles. The second-order valence-corrected chi connectivity index (χ2v) is 11.2. The van der Waals surface area contributed by atoms with Gasteiger partial charge in [-0.05, 0) is 86.5 Å². The van der Waals surface area contributed by atoms with Crippen LogP contribution in [-0.4, -0.2) is 59.5 Å². The molecule has 2 aliphatic rings. The van der Waals surface area contributed by atoms with Gasteiger partial charge in [-0.2, -0.15) is 0 Å². The van der Waals surface area contributed by atoms with E-state index in [0.717, 1.165) is 38.6 Å². The van der Waals surface area contributed by atoms with Gasteiger partial charge in [-0.25, -0.2) is 9.59 Å². The smallest absolute Gasteiger partial charge is 0.410 e. The Morgan fingerprint density at radius 3 is 2.19 bits per heavy atom. The minimum Gasteiger partial charge on any atom is -0.444 e. The van der Waals surface area contributed by atoms with Gasteiger partial charge in [0.15, 0.2) is 0 Å². The molecule has 0 aromatic heterocycles. The molecule has 1 aliphatic carbocycles. The van der Waals surface area contributed by atoms with E-state index in [1.807, 2.05) is 46.4 Å². The third-order valence-corrected chi connectivity index (χ3v) is 5.94. The highest BCUT2D eigenvalue weighted by Crippen LogP contribution is 2.35. The summed E-state index contributed by atoms with van der Waals surface area (Å²) in [6, 6.07) is 0.668. The Hall–Kier alpha value is -1.50. The lowest BCUT2D eigenvalue weighted by Crippen LogP contribution is -2.56. The topological polar surface area (TPSA) is 79.9 Å². The summed E-state index contributed by atoms with van der Waals surface area (Å²) in [6.45, 7) is 14.7. The number of nitrogens with one attached hydrogen (secondary N) is 2. The number of carbonyl (C=O) groups excluding carboxylic acids is 2. The molecule has 0 bridgehead atoms. The van der Waals surface area contributed by atoms with Crippen LogP contribution in [0.4, 0.5) is 9.59 Å². The number of likely N-dealkylation sites (tertiary alicyclic amines) is 1. The molecule has 1 heterocycles. The van der Waals surface area contributed by atoms with Crippen LogP contribution in [-0.2, 0) is 9.47 Å². The molecule has 2 amide bonds. The van der Waals surface area contributed by atoms with Gasteiger partial charge in [0.25, 0.3) is 0 Å². The summed E-state index contributed by atoms with van der Waals surface area (Å²) in [5.74, 6) is 0.408. The molecule has 1 aliphatic heterocycles. The third-order valence-electron chi connectivity index (χ3n) is 5.94. The zero-order chi connectivity index (χ0) is 23.2. The molecule has 0 radical (unpaired) electrons. The number of rotatable bonds is 5. The monoisotopic (exact) mass is 439 g/mol. The van der Waals surface area contributed by atoms with Gasteiger partial charge in [-0.1, -0.05) is 12.8 Å². The number of carbonyl (C=O) groups is 2. The molecular weight excluding hydrogens is 394 g/mol. The predicted molar refractivity (Wildman–Crippen MR) is 123 cm³/mol. The van der Waals surface area contributed by atoms with E-state index in [2.05, 4.69) is 17.6 Å². The quantitative estimate of drug-likeness (QED) is 0.641. The molecule has 1 saturated carbocycles. The molecule has 0 spiro atoms. The summed E-state index contributed by atoms with van der Waals surface area (Å²) >= 11 is 0. The van der Waals surface area contributed by atoms with Crippen LogP contribution in [0.15, 0.2) is 0 Å². The van der Waals surface area contributed by atoms with Crippen LogP contribution in [0.2, 0.25) is 0 Å². The average Bonchev–Trinajstić information content (AvgIpc) is 2.64. The fraction of sp³-hybridized carbons (Fsp3) is 0.917. The summed E-state index contributed by atoms with van der Waals surface area (Å²) in [5.41, 5.74) is -0.980. The summed E-state index contributed by atoms with van der Waals surface area (Å²) in [6.07, 6.45) is 7.28. The van der Waals surface area contributed by atoms with Crippen LogP contribution in [0.1, 0.15) is 93.4 Å². The SMILES string of the molecule is CC(CNC(=O)OC(C)(C)C)NC1CCCCC1C1CCCCN1C(=O)OC(C)(C)C. The maximum atomic E-state index is 12.9. The van der Waals surface area contributed by atoms with Crippen LogP contribution in [0.5, 0.6) is 0 Å². The van der Waals surface area contributed by atoms with Crippen molar-refractivity contribution in [3.05, 3.63) is 0 Å². The highest BCUT2D eigenvalue weighted by atomic mass is 16.6. The normalized spacial score (nSPS) is 26.2. The fourth-order valence-electron chi connectivity index (χ4n) is 4.75. The molecular formula is C24H45N3O4. The van der Waals surface area contributed by atoms with E-state index in [-0.39, 0.29) is 24.3 Å². The van der Waals surface area contributed by atoms with Crippen molar-refractivity contribution in [1.29, 1.82) is 0 Å². The van der Waals surface area contributed by atoms with Gasteiger partial charge in [0.1, 0.15) is 11.2 Å². The average molecular weight is 440 g/mol. The Kier molecular flexibility index (Phi) is 9.04. The fourth-order valence-corrected chi connectivity index (χ4v) is 4.75. The van der Waals surface area contributed by atoms with Crippen molar-refractivity contribution in [3.63, 3.8) is 0 Å². The minimum atomic E-state index is -0.499. The highest BCUT2D eigenvalue weighted by molar-refractivity contribution is 5.69. The molecule has 7 heteroatoms. The number of ether oxygens (including phenoxy) is 2. The second kappa shape index (κ2) is 10.9. The van der Waals surface area contributed by atoms with Gasteiger partial charge in [0.05, 0.1) is 0 Å². The molecule has 4 atom stereocenters. The Morgan fingerprint density at radius 2 is 1.55 bits per heavy atom. The van der Waals surface area contributed by atoms with Gasteiger partial charge >= 0.3 is 12.2 Å². The van der Waals surface area contributed by atoms with E-state index in [4.69, 9.17) is 9.47 Å². The summed E-state index contributed by atoms with van der Waals surface area (Å²) in [7, 11) is 0. The van der Waals surface area contributed by atoms with Crippen molar-refractivity contribution in [2.24, 2.45) is 5.92 Å².